The van der Waals surface area contributed by atoms with E-state index < -0.39 is 0 Å². The van der Waals surface area contributed by atoms with E-state index in [4.69, 9.17) is 19.9 Å². The second-order valence-electron chi connectivity index (χ2n) is 7.23. The molecule has 10 heteroatoms. The molecule has 2 aromatic heterocycles. The third-order valence-electron chi connectivity index (χ3n) is 4.92. The topological polar surface area (TPSA) is 126 Å². The van der Waals surface area contributed by atoms with Crippen molar-refractivity contribution in [2.45, 2.75) is 39.3 Å². The summed E-state index contributed by atoms with van der Waals surface area (Å²) in [6.07, 6.45) is 2.75. The van der Waals surface area contributed by atoms with Gasteiger partial charge < -0.3 is 25.3 Å². The number of ether oxygens (including phenoxy) is 3. The van der Waals surface area contributed by atoms with E-state index >= 15 is 0 Å². The zero-order chi connectivity index (χ0) is 22.9. The van der Waals surface area contributed by atoms with Gasteiger partial charge in [-0.05, 0) is 37.1 Å². The molecule has 2 heterocycles. The Labute approximate surface area is 187 Å². The molecule has 0 bridgehead atoms. The molecular formula is C22H30N6O4. The Morgan fingerprint density at radius 3 is 2.59 bits per heavy atom. The fourth-order valence-electron chi connectivity index (χ4n) is 3.18. The highest BCUT2D eigenvalue weighted by Gasteiger charge is 2.17. The van der Waals surface area contributed by atoms with Gasteiger partial charge in [0.05, 0.1) is 26.4 Å². The zero-order valence-corrected chi connectivity index (χ0v) is 18.8. The first-order valence-corrected chi connectivity index (χ1v) is 10.7. The van der Waals surface area contributed by atoms with Crippen LogP contribution in [0.1, 0.15) is 42.1 Å². The van der Waals surface area contributed by atoms with E-state index in [1.807, 2.05) is 16.7 Å². The lowest BCUT2D eigenvalue weighted by Gasteiger charge is -2.09. The van der Waals surface area contributed by atoms with Crippen molar-refractivity contribution in [1.82, 2.24) is 24.8 Å². The Balaban J connectivity index is 1.59. The summed E-state index contributed by atoms with van der Waals surface area (Å²) in [6.45, 7) is 4.72. The normalized spacial score (nSPS) is 11.0. The summed E-state index contributed by atoms with van der Waals surface area (Å²) in [6, 6.07) is 8.02. The van der Waals surface area contributed by atoms with Gasteiger partial charge in [-0.2, -0.15) is 15.0 Å². The highest BCUT2D eigenvalue weighted by atomic mass is 16.5. The highest BCUT2D eigenvalue weighted by molar-refractivity contribution is 5.89. The molecule has 0 aliphatic heterocycles. The molecule has 0 aliphatic carbocycles. The molecule has 3 rings (SSSR count). The summed E-state index contributed by atoms with van der Waals surface area (Å²) in [7, 11) is 2.94. The fourth-order valence-corrected chi connectivity index (χ4v) is 3.18. The minimum atomic E-state index is -0.339. The van der Waals surface area contributed by atoms with Gasteiger partial charge in [-0.3, -0.25) is 4.57 Å². The number of aryl methyl sites for hydroxylation is 1. The largest absolute Gasteiger partial charge is 0.468 e. The van der Waals surface area contributed by atoms with Gasteiger partial charge in [0.25, 0.3) is 6.01 Å². The minimum Gasteiger partial charge on any atom is -0.468 e. The van der Waals surface area contributed by atoms with Gasteiger partial charge in [0.15, 0.2) is 17.0 Å². The molecule has 3 aromatic rings. The minimum absolute atomic E-state index is 0.251. The number of anilines is 1. The van der Waals surface area contributed by atoms with E-state index in [0.717, 1.165) is 31.4 Å². The molecule has 0 amide bonds. The Morgan fingerprint density at radius 2 is 1.91 bits per heavy atom. The van der Waals surface area contributed by atoms with Crippen LogP contribution in [-0.4, -0.2) is 52.9 Å². The summed E-state index contributed by atoms with van der Waals surface area (Å²) in [5.41, 5.74) is 8.79. The molecule has 0 unspecified atom stereocenters. The number of hydrogen-bond acceptors (Lipinski definition) is 9. The van der Waals surface area contributed by atoms with E-state index in [1.165, 1.54) is 7.11 Å². The Morgan fingerprint density at radius 1 is 1.12 bits per heavy atom. The second kappa shape index (κ2) is 11.3. The Bertz CT molecular complexity index is 1040. The number of imidazole rings is 1. The van der Waals surface area contributed by atoms with E-state index in [9.17, 15) is 4.79 Å². The van der Waals surface area contributed by atoms with Crippen LogP contribution in [-0.2, 0) is 17.8 Å². The maximum Gasteiger partial charge on any atom is 0.337 e. The number of nitrogens with one attached hydrogen (secondary N) is 1. The number of fused-ring (bicyclic) bond motifs is 1. The molecule has 0 aliphatic rings. The second-order valence-corrected chi connectivity index (χ2v) is 7.23. The quantitative estimate of drug-likeness (QED) is 0.321. The smallest absolute Gasteiger partial charge is 0.337 e. The fraction of sp³-hybridized carbons (Fsp3) is 0.455. The summed E-state index contributed by atoms with van der Waals surface area (Å²) in [5, 5.41) is 3.40. The first kappa shape index (κ1) is 23.3. The summed E-state index contributed by atoms with van der Waals surface area (Å²) in [5.74, 6) is -0.0681. The van der Waals surface area contributed by atoms with Crippen LogP contribution in [0, 0.1) is 0 Å². The molecule has 0 radical (unpaired) electrons. The van der Waals surface area contributed by atoms with Gasteiger partial charge in [0.2, 0.25) is 0 Å². The van der Waals surface area contributed by atoms with E-state index in [0.29, 0.717) is 42.4 Å². The van der Waals surface area contributed by atoms with Crippen LogP contribution >= 0.6 is 0 Å². The lowest BCUT2D eigenvalue weighted by molar-refractivity contribution is 0.0600. The van der Waals surface area contributed by atoms with Crippen molar-refractivity contribution in [3.8, 4) is 12.0 Å². The van der Waals surface area contributed by atoms with Gasteiger partial charge in [-0.15, -0.1) is 0 Å². The number of aromatic nitrogens is 4. The van der Waals surface area contributed by atoms with Crippen molar-refractivity contribution < 1.29 is 19.0 Å². The van der Waals surface area contributed by atoms with Crippen molar-refractivity contribution in [3.63, 3.8) is 0 Å². The van der Waals surface area contributed by atoms with Crippen molar-refractivity contribution in [2.24, 2.45) is 0 Å². The molecule has 0 spiro atoms. The number of carbonyl (C=O) groups is 1. The molecule has 0 fully saturated rings. The molecule has 0 atom stereocenters. The molecule has 0 saturated heterocycles. The number of rotatable bonds is 12. The van der Waals surface area contributed by atoms with E-state index in [2.05, 4.69) is 27.2 Å². The number of carbonyl (C=O) groups excluding carboxylic acids is 1. The van der Waals surface area contributed by atoms with Crippen LogP contribution in [0.5, 0.6) is 12.0 Å². The molecule has 10 nitrogen and oxygen atoms in total. The molecule has 3 N–H and O–H groups in total. The number of hydrogen-bond donors (Lipinski definition) is 2. The average Bonchev–Trinajstić information content (AvgIpc) is 3.17. The number of methoxy groups -OCH3 is 2. The monoisotopic (exact) mass is 442 g/mol. The number of benzene rings is 1. The highest BCUT2D eigenvalue weighted by Crippen LogP contribution is 2.25. The van der Waals surface area contributed by atoms with Crippen LogP contribution < -0.4 is 20.5 Å². The van der Waals surface area contributed by atoms with Gasteiger partial charge in [0, 0.05) is 13.1 Å². The molecular weight excluding hydrogens is 412 g/mol. The van der Waals surface area contributed by atoms with Crippen LogP contribution in [0.15, 0.2) is 24.3 Å². The van der Waals surface area contributed by atoms with Gasteiger partial charge >= 0.3 is 12.0 Å². The SMILES string of the molecule is CCCCOc1nc(N)c2nc(OC)n(CCCNCc3ccc(C(=O)OC)cc3)c2n1. The Hall–Kier alpha value is -3.40. The standard InChI is InChI=1S/C22H30N6O4/c1-4-5-13-32-21-26-18(23)17-19(27-21)28(22(25-17)31-3)12-6-11-24-14-15-7-9-16(10-8-15)20(29)30-2/h7-10,24H,4-6,11-14H2,1-3H3,(H2,23,26,27). The van der Waals surface area contributed by atoms with Crippen LogP contribution in [0.3, 0.4) is 0 Å². The first-order chi connectivity index (χ1) is 15.6. The van der Waals surface area contributed by atoms with Crippen molar-refractivity contribution in [1.29, 1.82) is 0 Å². The molecule has 1 aromatic carbocycles. The lowest BCUT2D eigenvalue weighted by Crippen LogP contribution is -2.17. The third-order valence-corrected chi connectivity index (χ3v) is 4.92. The number of nitrogens with two attached hydrogens (primary N) is 1. The van der Waals surface area contributed by atoms with Gasteiger partial charge in [-0.25, -0.2) is 4.79 Å². The number of nitrogens with zero attached hydrogens (tertiary/aromatic N) is 4. The molecule has 32 heavy (non-hydrogen) atoms. The zero-order valence-electron chi connectivity index (χ0n) is 18.8. The summed E-state index contributed by atoms with van der Waals surface area (Å²) >= 11 is 0. The summed E-state index contributed by atoms with van der Waals surface area (Å²) in [4.78, 5) is 24.6. The van der Waals surface area contributed by atoms with Crippen molar-refractivity contribution >= 4 is 23.0 Å². The van der Waals surface area contributed by atoms with Gasteiger partial charge in [0.1, 0.15) is 0 Å². The maximum absolute atomic E-state index is 11.5. The van der Waals surface area contributed by atoms with Crippen LogP contribution in [0.4, 0.5) is 5.82 Å². The molecule has 172 valence electrons. The Kier molecular flexibility index (Phi) is 8.20. The van der Waals surface area contributed by atoms with Gasteiger partial charge in [-0.1, -0.05) is 25.5 Å². The van der Waals surface area contributed by atoms with Crippen molar-refractivity contribution in [3.05, 3.63) is 35.4 Å². The number of esters is 1. The molecule has 0 saturated carbocycles. The predicted molar refractivity (Wildman–Crippen MR) is 121 cm³/mol. The average molecular weight is 443 g/mol. The van der Waals surface area contributed by atoms with Crippen LogP contribution in [0.2, 0.25) is 0 Å². The van der Waals surface area contributed by atoms with E-state index in [-0.39, 0.29) is 17.8 Å². The third kappa shape index (κ3) is 5.64. The van der Waals surface area contributed by atoms with Crippen molar-refractivity contribution in [2.75, 3.05) is 33.1 Å². The van der Waals surface area contributed by atoms with Crippen LogP contribution in [0.25, 0.3) is 11.2 Å². The lowest BCUT2D eigenvalue weighted by atomic mass is 10.1. The summed E-state index contributed by atoms with van der Waals surface area (Å²) < 4.78 is 17.6. The number of nitrogen functional groups attached to an aromatic ring is 1. The first-order valence-electron chi connectivity index (χ1n) is 10.7. The number of unbranched alkanes of at least 4 members (excludes halogenated alkanes) is 1. The van der Waals surface area contributed by atoms with E-state index in [1.54, 1.807) is 19.2 Å². The predicted octanol–water partition coefficient (Wildman–Crippen LogP) is 2.56. The maximum atomic E-state index is 11.5.